The highest BCUT2D eigenvalue weighted by atomic mass is 32.2. The molecule has 5 nitrogen and oxygen atoms in total. The highest BCUT2D eigenvalue weighted by Gasteiger charge is 2.30. The van der Waals surface area contributed by atoms with Gasteiger partial charge in [-0.3, -0.25) is 4.79 Å². The van der Waals surface area contributed by atoms with Gasteiger partial charge in [-0.05, 0) is 83.9 Å². The Bertz CT molecular complexity index is 1530. The molecule has 0 bridgehead atoms. The summed E-state index contributed by atoms with van der Waals surface area (Å²) >= 11 is 0. The van der Waals surface area contributed by atoms with E-state index in [2.05, 4.69) is 10.6 Å². The standard InChI is InChI=1S/C27H21F4N3O2S/c1-33-24-15-6-19(17-2-9-21(28)10-3-17)16-25(24)34-26(35)18-4-11-22(12-5-18)37(32,36)23-13-7-20(8-14-23)27(29,30)31/h2-16,32-33H,1H3,(H,34,35). The molecule has 0 radical (unpaired) electrons. The molecule has 0 saturated heterocycles. The Labute approximate surface area is 211 Å². The van der Waals surface area contributed by atoms with Crippen LogP contribution in [-0.2, 0) is 15.9 Å². The molecule has 1 atom stereocenters. The van der Waals surface area contributed by atoms with Crippen molar-refractivity contribution in [3.63, 3.8) is 0 Å². The fraction of sp³-hybridized carbons (Fsp3) is 0.0741. The lowest BCUT2D eigenvalue weighted by Gasteiger charge is -2.14. The van der Waals surface area contributed by atoms with Gasteiger partial charge in [0, 0.05) is 12.6 Å². The van der Waals surface area contributed by atoms with E-state index in [4.69, 9.17) is 4.78 Å². The third-order valence-corrected chi connectivity index (χ3v) is 7.55. The molecule has 4 aromatic carbocycles. The minimum absolute atomic E-state index is 0.0537. The summed E-state index contributed by atoms with van der Waals surface area (Å²) in [5, 5.41) is 5.80. The SMILES string of the molecule is CNc1ccc(-c2ccc(F)cc2)cc1NC(=O)c1ccc(S(=N)(=O)c2ccc(C(F)(F)F)cc2)cc1. The highest BCUT2D eigenvalue weighted by molar-refractivity contribution is 7.92. The number of halogens is 4. The average Bonchev–Trinajstić information content (AvgIpc) is 2.88. The Morgan fingerprint density at radius 2 is 1.32 bits per heavy atom. The molecule has 190 valence electrons. The van der Waals surface area contributed by atoms with Crippen LogP contribution in [0.1, 0.15) is 15.9 Å². The first-order valence-corrected chi connectivity index (χ1v) is 12.5. The van der Waals surface area contributed by atoms with Crippen LogP contribution in [0.5, 0.6) is 0 Å². The second kappa shape index (κ2) is 10.1. The van der Waals surface area contributed by atoms with Crippen molar-refractivity contribution < 1.29 is 26.6 Å². The summed E-state index contributed by atoms with van der Waals surface area (Å²) in [6.07, 6.45) is -4.54. The van der Waals surface area contributed by atoms with Gasteiger partial charge in [-0.25, -0.2) is 13.4 Å². The Morgan fingerprint density at radius 1 is 0.784 bits per heavy atom. The zero-order valence-corrected chi connectivity index (χ0v) is 20.2. The van der Waals surface area contributed by atoms with Crippen molar-refractivity contribution in [1.82, 2.24) is 0 Å². The van der Waals surface area contributed by atoms with Crippen LogP contribution in [0, 0.1) is 10.6 Å². The molecule has 0 spiro atoms. The number of nitrogens with one attached hydrogen (secondary N) is 3. The van der Waals surface area contributed by atoms with Crippen molar-refractivity contribution in [2.45, 2.75) is 16.0 Å². The fourth-order valence-electron chi connectivity index (χ4n) is 3.65. The Hall–Kier alpha value is -4.18. The molecule has 0 aromatic heterocycles. The van der Waals surface area contributed by atoms with Gasteiger partial charge in [0.2, 0.25) is 0 Å². The molecule has 10 heteroatoms. The molecular formula is C27H21F4N3O2S. The fourth-order valence-corrected chi connectivity index (χ4v) is 4.96. The van der Waals surface area contributed by atoms with Crippen molar-refractivity contribution in [3.8, 4) is 11.1 Å². The molecule has 1 amide bonds. The largest absolute Gasteiger partial charge is 0.416 e. The molecule has 0 fully saturated rings. The first kappa shape index (κ1) is 25.9. The predicted molar refractivity (Wildman–Crippen MR) is 135 cm³/mol. The molecule has 0 aliphatic rings. The molecule has 37 heavy (non-hydrogen) atoms. The van der Waals surface area contributed by atoms with Gasteiger partial charge in [-0.1, -0.05) is 18.2 Å². The number of hydrogen-bond acceptors (Lipinski definition) is 4. The van der Waals surface area contributed by atoms with E-state index in [0.717, 1.165) is 35.4 Å². The predicted octanol–water partition coefficient (Wildman–Crippen LogP) is 7.27. The molecular weight excluding hydrogens is 506 g/mol. The lowest BCUT2D eigenvalue weighted by molar-refractivity contribution is -0.137. The van der Waals surface area contributed by atoms with Gasteiger partial charge in [0.15, 0.2) is 0 Å². The van der Waals surface area contributed by atoms with E-state index in [9.17, 15) is 26.6 Å². The van der Waals surface area contributed by atoms with Gasteiger partial charge in [0.05, 0.1) is 26.7 Å². The van der Waals surface area contributed by atoms with Crippen molar-refractivity contribution in [3.05, 3.63) is 108 Å². The number of carbonyl (C=O) groups is 1. The number of benzene rings is 4. The molecule has 0 heterocycles. The molecule has 0 aliphatic carbocycles. The monoisotopic (exact) mass is 527 g/mol. The summed E-state index contributed by atoms with van der Waals surface area (Å²) in [5.74, 6) is -0.826. The van der Waals surface area contributed by atoms with Crippen molar-refractivity contribution in [2.75, 3.05) is 17.7 Å². The van der Waals surface area contributed by atoms with Crippen molar-refractivity contribution >= 4 is 27.0 Å². The second-order valence-corrected chi connectivity index (χ2v) is 10.1. The number of alkyl halides is 3. The number of amides is 1. The van der Waals surface area contributed by atoms with E-state index in [1.165, 1.54) is 36.4 Å². The maximum atomic E-state index is 13.3. The highest BCUT2D eigenvalue weighted by Crippen LogP contribution is 2.32. The van der Waals surface area contributed by atoms with Gasteiger partial charge in [0.1, 0.15) is 15.5 Å². The summed E-state index contributed by atoms with van der Waals surface area (Å²) < 4.78 is 73.0. The molecule has 4 rings (SSSR count). The lowest BCUT2D eigenvalue weighted by atomic mass is 10.0. The number of rotatable bonds is 6. The maximum Gasteiger partial charge on any atom is 0.416 e. The molecule has 3 N–H and O–H groups in total. The third-order valence-electron chi connectivity index (χ3n) is 5.68. The topological polar surface area (TPSA) is 82.0 Å². The quantitative estimate of drug-likeness (QED) is 0.231. The van der Waals surface area contributed by atoms with Gasteiger partial charge >= 0.3 is 6.18 Å². The van der Waals surface area contributed by atoms with Crippen LogP contribution in [0.15, 0.2) is 101 Å². The molecule has 0 aliphatic heterocycles. The van der Waals surface area contributed by atoms with E-state index >= 15 is 0 Å². The van der Waals surface area contributed by atoms with Crippen LogP contribution in [0.3, 0.4) is 0 Å². The summed E-state index contributed by atoms with van der Waals surface area (Å²) in [7, 11) is -1.89. The van der Waals surface area contributed by atoms with Crippen LogP contribution in [0.25, 0.3) is 11.1 Å². The van der Waals surface area contributed by atoms with Crippen LogP contribution in [0.2, 0.25) is 0 Å². The van der Waals surface area contributed by atoms with Gasteiger partial charge in [-0.15, -0.1) is 0 Å². The van der Waals surface area contributed by atoms with E-state index < -0.39 is 27.4 Å². The van der Waals surface area contributed by atoms with Crippen molar-refractivity contribution in [1.29, 1.82) is 4.78 Å². The Morgan fingerprint density at radius 3 is 1.86 bits per heavy atom. The summed E-state index contributed by atoms with van der Waals surface area (Å²) in [6.45, 7) is 0. The smallest absolute Gasteiger partial charge is 0.386 e. The van der Waals surface area contributed by atoms with Gasteiger partial charge < -0.3 is 10.6 Å². The summed E-state index contributed by atoms with van der Waals surface area (Å²) in [4.78, 5) is 12.9. The Balaban J connectivity index is 1.55. The lowest BCUT2D eigenvalue weighted by Crippen LogP contribution is -2.13. The van der Waals surface area contributed by atoms with Crippen LogP contribution < -0.4 is 10.6 Å². The van der Waals surface area contributed by atoms with Crippen molar-refractivity contribution in [2.24, 2.45) is 0 Å². The Kier molecular flexibility index (Phi) is 7.04. The van der Waals surface area contributed by atoms with Gasteiger partial charge in [0.25, 0.3) is 5.91 Å². The minimum Gasteiger partial charge on any atom is -0.386 e. The summed E-state index contributed by atoms with van der Waals surface area (Å²) in [6, 6.07) is 20.4. The zero-order chi connectivity index (χ0) is 26.8. The van der Waals surface area contributed by atoms with Crippen LogP contribution in [-0.4, -0.2) is 17.2 Å². The van der Waals surface area contributed by atoms with Gasteiger partial charge in [-0.2, -0.15) is 13.2 Å². The molecule has 1 unspecified atom stereocenters. The normalized spacial score (nSPS) is 13.0. The first-order valence-electron chi connectivity index (χ1n) is 10.9. The average molecular weight is 528 g/mol. The number of carbonyl (C=O) groups excluding carboxylic acids is 1. The van der Waals surface area contributed by atoms with E-state index in [-0.39, 0.29) is 21.2 Å². The maximum absolute atomic E-state index is 13.3. The van der Waals surface area contributed by atoms with E-state index in [0.29, 0.717) is 11.4 Å². The first-order chi connectivity index (χ1) is 17.5. The summed E-state index contributed by atoms with van der Waals surface area (Å²) in [5.41, 5.74) is 1.97. The molecule has 4 aromatic rings. The van der Waals surface area contributed by atoms with Crippen LogP contribution in [0.4, 0.5) is 28.9 Å². The van der Waals surface area contributed by atoms with E-state index in [1.54, 1.807) is 31.3 Å². The van der Waals surface area contributed by atoms with Crippen LogP contribution >= 0.6 is 0 Å². The number of hydrogen-bond donors (Lipinski definition) is 3. The zero-order valence-electron chi connectivity index (χ0n) is 19.4. The third kappa shape index (κ3) is 5.64. The van der Waals surface area contributed by atoms with E-state index in [1.807, 2.05) is 6.07 Å². The minimum atomic E-state index is -4.54. The molecule has 0 saturated carbocycles. The second-order valence-electron chi connectivity index (χ2n) is 8.07. The number of anilines is 2.